The summed E-state index contributed by atoms with van der Waals surface area (Å²) in [5.74, 6) is 0.404. The van der Waals surface area contributed by atoms with Crippen LogP contribution in [0, 0.1) is 17.0 Å². The number of hydrogen-bond donors (Lipinski definition) is 1. The van der Waals surface area contributed by atoms with Crippen LogP contribution in [0.3, 0.4) is 0 Å². The third-order valence-electron chi connectivity index (χ3n) is 3.17. The van der Waals surface area contributed by atoms with Crippen LogP contribution in [0.25, 0.3) is 0 Å². The number of benzene rings is 2. The van der Waals surface area contributed by atoms with E-state index in [0.717, 1.165) is 10.5 Å². The van der Waals surface area contributed by atoms with Crippen LogP contribution in [-0.2, 0) is 0 Å². The second-order valence-corrected chi connectivity index (χ2v) is 5.87. The molecule has 2 aromatic carbocycles. The summed E-state index contributed by atoms with van der Waals surface area (Å²) in [7, 11) is 0. The molecule has 1 amide bonds. The van der Waals surface area contributed by atoms with Crippen LogP contribution in [0.2, 0.25) is 0 Å². The first-order valence-corrected chi connectivity index (χ1v) is 7.90. The molecule has 0 radical (unpaired) electrons. The van der Waals surface area contributed by atoms with Crippen LogP contribution in [0.1, 0.15) is 15.9 Å². The lowest BCUT2D eigenvalue weighted by molar-refractivity contribution is -0.384. The molecule has 0 aliphatic carbocycles. The predicted molar refractivity (Wildman–Crippen MR) is 93.1 cm³/mol. The Bertz CT molecular complexity index is 759. The maximum absolute atomic E-state index is 12.5. The van der Waals surface area contributed by atoms with Gasteiger partial charge in [-0.3, -0.25) is 14.9 Å². The molecule has 0 fully saturated rings. The van der Waals surface area contributed by atoms with Crippen molar-refractivity contribution in [2.45, 2.75) is 11.8 Å². The number of nitrogens with zero attached hydrogens (tertiary/aromatic N) is 1. The molecular weight excluding hydrogens is 312 g/mol. The van der Waals surface area contributed by atoms with E-state index in [2.05, 4.69) is 11.9 Å². The highest BCUT2D eigenvalue weighted by Gasteiger charge is 2.14. The van der Waals surface area contributed by atoms with Crippen molar-refractivity contribution in [3.8, 4) is 0 Å². The second-order valence-electron chi connectivity index (χ2n) is 4.81. The molecule has 0 saturated carbocycles. The number of amides is 1. The second kappa shape index (κ2) is 7.60. The Morgan fingerprint density at radius 3 is 2.78 bits per heavy atom. The number of thioether (sulfide) groups is 1. The van der Waals surface area contributed by atoms with Gasteiger partial charge in [-0.2, -0.15) is 0 Å². The number of nitro groups is 1. The average Bonchev–Trinajstić information content (AvgIpc) is 2.55. The first-order valence-electron chi connectivity index (χ1n) is 6.92. The molecule has 0 unspecified atom stereocenters. The molecule has 6 heteroatoms. The van der Waals surface area contributed by atoms with Crippen LogP contribution in [0.5, 0.6) is 0 Å². The Hall–Kier alpha value is -2.60. The van der Waals surface area contributed by atoms with Gasteiger partial charge in [-0.25, -0.2) is 0 Å². The zero-order valence-corrected chi connectivity index (χ0v) is 13.4. The number of rotatable bonds is 6. The minimum atomic E-state index is -0.483. The number of aryl methyl sites for hydroxylation is 1. The monoisotopic (exact) mass is 328 g/mol. The number of nitro benzene ring substituents is 1. The zero-order chi connectivity index (χ0) is 16.8. The van der Waals surface area contributed by atoms with Crippen molar-refractivity contribution in [1.82, 2.24) is 0 Å². The van der Waals surface area contributed by atoms with E-state index in [1.807, 2.05) is 12.1 Å². The van der Waals surface area contributed by atoms with Gasteiger partial charge in [0, 0.05) is 22.8 Å². The fourth-order valence-electron chi connectivity index (χ4n) is 1.98. The van der Waals surface area contributed by atoms with Crippen molar-refractivity contribution in [3.63, 3.8) is 0 Å². The van der Waals surface area contributed by atoms with Crippen LogP contribution in [0.4, 0.5) is 11.4 Å². The Labute approximate surface area is 138 Å². The lowest BCUT2D eigenvalue weighted by atomic mass is 10.1. The van der Waals surface area contributed by atoms with Gasteiger partial charge in [-0.05, 0) is 24.6 Å². The molecule has 23 heavy (non-hydrogen) atoms. The van der Waals surface area contributed by atoms with E-state index in [9.17, 15) is 14.9 Å². The highest BCUT2D eigenvalue weighted by Crippen LogP contribution is 2.26. The molecule has 0 aromatic heterocycles. The summed E-state index contributed by atoms with van der Waals surface area (Å²) in [5, 5.41) is 13.6. The maximum atomic E-state index is 12.5. The average molecular weight is 328 g/mol. The molecule has 2 aromatic rings. The van der Waals surface area contributed by atoms with Gasteiger partial charge in [0.25, 0.3) is 11.6 Å². The largest absolute Gasteiger partial charge is 0.321 e. The summed E-state index contributed by atoms with van der Waals surface area (Å²) in [5.41, 5.74) is 1.68. The maximum Gasteiger partial charge on any atom is 0.271 e. The number of carbonyl (C=O) groups excluding carboxylic acids is 1. The lowest BCUT2D eigenvalue weighted by Crippen LogP contribution is -2.14. The van der Waals surface area contributed by atoms with Gasteiger partial charge in [-0.15, -0.1) is 18.3 Å². The molecule has 0 aliphatic heterocycles. The van der Waals surface area contributed by atoms with Crippen molar-refractivity contribution in [1.29, 1.82) is 0 Å². The van der Waals surface area contributed by atoms with E-state index in [-0.39, 0.29) is 11.6 Å². The van der Waals surface area contributed by atoms with Crippen LogP contribution >= 0.6 is 11.8 Å². The topological polar surface area (TPSA) is 72.2 Å². The summed E-state index contributed by atoms with van der Waals surface area (Å²) in [6, 6.07) is 11.6. The lowest BCUT2D eigenvalue weighted by Gasteiger charge is -2.11. The van der Waals surface area contributed by atoms with Gasteiger partial charge < -0.3 is 5.32 Å². The molecule has 0 aliphatic rings. The Morgan fingerprint density at radius 2 is 2.09 bits per heavy atom. The standard InChI is InChI=1S/C17H16N2O3S/c1-3-10-23-16-7-5-4-6-14(16)17(20)18-15-11-13(19(21)22)9-8-12(15)2/h3-9,11H,1,10H2,2H3,(H,18,20). The minimum Gasteiger partial charge on any atom is -0.321 e. The number of hydrogen-bond acceptors (Lipinski definition) is 4. The Balaban J connectivity index is 2.27. The molecule has 0 atom stereocenters. The smallest absolute Gasteiger partial charge is 0.271 e. The van der Waals surface area contributed by atoms with Crippen molar-refractivity contribution < 1.29 is 9.72 Å². The Kier molecular flexibility index (Phi) is 5.54. The number of nitrogens with one attached hydrogen (secondary N) is 1. The van der Waals surface area contributed by atoms with Gasteiger partial charge in [0.15, 0.2) is 0 Å². The Morgan fingerprint density at radius 1 is 1.35 bits per heavy atom. The summed E-state index contributed by atoms with van der Waals surface area (Å²) < 4.78 is 0. The van der Waals surface area contributed by atoms with Crippen molar-refractivity contribution >= 4 is 29.0 Å². The summed E-state index contributed by atoms with van der Waals surface area (Å²) >= 11 is 1.51. The fourth-order valence-corrected chi connectivity index (χ4v) is 2.77. The van der Waals surface area contributed by atoms with Crippen molar-refractivity contribution in [2.75, 3.05) is 11.1 Å². The van der Waals surface area contributed by atoms with Gasteiger partial charge in [0.05, 0.1) is 16.2 Å². The van der Waals surface area contributed by atoms with Gasteiger partial charge >= 0.3 is 0 Å². The van der Waals surface area contributed by atoms with Gasteiger partial charge in [0.2, 0.25) is 0 Å². The van der Waals surface area contributed by atoms with E-state index >= 15 is 0 Å². The van der Waals surface area contributed by atoms with Gasteiger partial charge in [-0.1, -0.05) is 24.3 Å². The van der Waals surface area contributed by atoms with E-state index in [1.54, 1.807) is 31.2 Å². The third-order valence-corrected chi connectivity index (χ3v) is 4.24. The van der Waals surface area contributed by atoms with E-state index in [1.165, 1.54) is 23.9 Å². The number of non-ortho nitro benzene ring substituents is 1. The van der Waals surface area contributed by atoms with E-state index in [4.69, 9.17) is 0 Å². The minimum absolute atomic E-state index is 0.0554. The highest BCUT2D eigenvalue weighted by molar-refractivity contribution is 7.99. The zero-order valence-electron chi connectivity index (χ0n) is 12.6. The summed E-state index contributed by atoms with van der Waals surface area (Å²) in [4.78, 5) is 23.7. The summed E-state index contributed by atoms with van der Waals surface area (Å²) in [6.45, 7) is 5.46. The quantitative estimate of drug-likeness (QED) is 0.368. The molecule has 0 spiro atoms. The SMILES string of the molecule is C=CCSc1ccccc1C(=O)Nc1cc([N+](=O)[O-])ccc1C. The van der Waals surface area contributed by atoms with Crippen LogP contribution in [0.15, 0.2) is 60.0 Å². The van der Waals surface area contributed by atoms with Crippen LogP contribution in [-0.4, -0.2) is 16.6 Å². The highest BCUT2D eigenvalue weighted by atomic mass is 32.2. The first kappa shape index (κ1) is 16.8. The molecule has 0 bridgehead atoms. The molecule has 1 N–H and O–H groups in total. The number of anilines is 1. The molecule has 5 nitrogen and oxygen atoms in total. The first-order chi connectivity index (χ1) is 11.0. The molecule has 118 valence electrons. The molecular formula is C17H16N2O3S. The molecule has 2 rings (SSSR count). The normalized spacial score (nSPS) is 10.1. The number of carbonyl (C=O) groups is 1. The molecule has 0 heterocycles. The van der Waals surface area contributed by atoms with Crippen LogP contribution < -0.4 is 5.32 Å². The van der Waals surface area contributed by atoms with Crippen molar-refractivity contribution in [2.24, 2.45) is 0 Å². The van der Waals surface area contributed by atoms with Gasteiger partial charge in [0.1, 0.15) is 0 Å². The third kappa shape index (κ3) is 4.20. The summed E-state index contributed by atoms with van der Waals surface area (Å²) in [6.07, 6.45) is 1.77. The molecule has 0 saturated heterocycles. The van der Waals surface area contributed by atoms with E-state index < -0.39 is 4.92 Å². The van der Waals surface area contributed by atoms with Crippen molar-refractivity contribution in [3.05, 3.63) is 76.4 Å². The predicted octanol–water partition coefficient (Wildman–Crippen LogP) is 4.43. The fraction of sp³-hybridized carbons (Fsp3) is 0.118. The van der Waals surface area contributed by atoms with E-state index in [0.29, 0.717) is 17.0 Å².